The van der Waals surface area contributed by atoms with Crippen molar-refractivity contribution in [3.05, 3.63) is 64.8 Å². The number of para-hydroxylation sites is 1. The standard InChI is InChI=1S/C21H19ClFN3O/c1-21(2)10-14-16(15(27)11-21)19(25-12-6-4-3-5-7-12)18(26-14)13-8-9-24-20(22)17(13)23/h3-9,25-26H,10-11H2,1-2H3. The molecule has 1 aromatic carbocycles. The minimum absolute atomic E-state index is 0.0442. The van der Waals surface area contributed by atoms with Crippen LogP contribution in [0.15, 0.2) is 42.6 Å². The van der Waals surface area contributed by atoms with Gasteiger partial charge in [0, 0.05) is 29.6 Å². The summed E-state index contributed by atoms with van der Waals surface area (Å²) in [5, 5.41) is 3.10. The molecule has 0 saturated carbocycles. The molecule has 0 saturated heterocycles. The number of aromatic amines is 1. The van der Waals surface area contributed by atoms with Crippen molar-refractivity contribution in [2.75, 3.05) is 5.32 Å². The first kappa shape index (κ1) is 17.7. The van der Waals surface area contributed by atoms with Gasteiger partial charge in [0.2, 0.25) is 0 Å². The topological polar surface area (TPSA) is 57.8 Å². The van der Waals surface area contributed by atoms with Gasteiger partial charge in [0.05, 0.1) is 16.9 Å². The van der Waals surface area contributed by atoms with Gasteiger partial charge in [0.25, 0.3) is 0 Å². The molecule has 0 aliphatic heterocycles. The Balaban J connectivity index is 1.93. The first-order valence-corrected chi connectivity index (χ1v) is 9.14. The summed E-state index contributed by atoms with van der Waals surface area (Å²) in [4.78, 5) is 20.0. The monoisotopic (exact) mass is 383 g/mol. The number of halogens is 2. The van der Waals surface area contributed by atoms with Gasteiger partial charge in [-0.05, 0) is 30.0 Å². The van der Waals surface area contributed by atoms with Gasteiger partial charge in [0.1, 0.15) is 0 Å². The summed E-state index contributed by atoms with van der Waals surface area (Å²) in [7, 11) is 0. The summed E-state index contributed by atoms with van der Waals surface area (Å²) in [6.45, 7) is 4.12. The Morgan fingerprint density at radius 1 is 1.19 bits per heavy atom. The number of hydrogen-bond donors (Lipinski definition) is 2. The summed E-state index contributed by atoms with van der Waals surface area (Å²) in [6.07, 6.45) is 2.61. The molecule has 138 valence electrons. The second-order valence-corrected chi connectivity index (χ2v) is 7.98. The predicted octanol–water partition coefficient (Wildman–Crippen LogP) is 5.77. The maximum Gasteiger partial charge on any atom is 0.169 e. The molecule has 1 aliphatic rings. The van der Waals surface area contributed by atoms with E-state index in [1.54, 1.807) is 6.07 Å². The van der Waals surface area contributed by atoms with Gasteiger partial charge in [-0.2, -0.15) is 0 Å². The van der Waals surface area contributed by atoms with Gasteiger partial charge in [0.15, 0.2) is 16.8 Å². The molecular formula is C21H19ClFN3O. The van der Waals surface area contributed by atoms with Gasteiger partial charge in [-0.1, -0.05) is 43.6 Å². The number of nitrogens with one attached hydrogen (secondary N) is 2. The summed E-state index contributed by atoms with van der Waals surface area (Å²) in [5.41, 5.74) is 3.46. The molecule has 2 N–H and O–H groups in total. The van der Waals surface area contributed by atoms with Crippen LogP contribution in [0.2, 0.25) is 5.15 Å². The van der Waals surface area contributed by atoms with Crippen LogP contribution < -0.4 is 5.32 Å². The lowest BCUT2D eigenvalue weighted by Crippen LogP contribution is -2.26. The molecule has 27 heavy (non-hydrogen) atoms. The van der Waals surface area contributed by atoms with Crippen molar-refractivity contribution >= 4 is 28.8 Å². The van der Waals surface area contributed by atoms with Gasteiger partial charge >= 0.3 is 0 Å². The van der Waals surface area contributed by atoms with Crippen molar-refractivity contribution in [1.82, 2.24) is 9.97 Å². The van der Waals surface area contributed by atoms with E-state index in [2.05, 4.69) is 29.1 Å². The highest BCUT2D eigenvalue weighted by Crippen LogP contribution is 2.44. The Morgan fingerprint density at radius 3 is 2.67 bits per heavy atom. The lowest BCUT2D eigenvalue weighted by Gasteiger charge is -2.28. The Labute approximate surface area is 161 Å². The van der Waals surface area contributed by atoms with E-state index < -0.39 is 5.82 Å². The molecule has 0 amide bonds. The summed E-state index contributed by atoms with van der Waals surface area (Å²) in [6, 6.07) is 11.1. The van der Waals surface area contributed by atoms with Crippen molar-refractivity contribution in [3.63, 3.8) is 0 Å². The van der Waals surface area contributed by atoms with Gasteiger partial charge in [-0.25, -0.2) is 9.37 Å². The van der Waals surface area contributed by atoms with Crippen LogP contribution in [0.1, 0.15) is 36.3 Å². The molecule has 2 aromatic heterocycles. The van der Waals surface area contributed by atoms with Crippen LogP contribution in [0.25, 0.3) is 11.3 Å². The number of nitrogens with zero attached hydrogens (tertiary/aromatic N) is 1. The van der Waals surface area contributed by atoms with E-state index in [4.69, 9.17) is 11.6 Å². The van der Waals surface area contributed by atoms with Gasteiger partial charge in [-0.15, -0.1) is 0 Å². The fourth-order valence-corrected chi connectivity index (χ4v) is 3.82. The average molecular weight is 384 g/mol. The third kappa shape index (κ3) is 3.23. The Kier molecular flexibility index (Phi) is 4.27. The summed E-state index contributed by atoms with van der Waals surface area (Å²) < 4.78 is 14.7. The van der Waals surface area contributed by atoms with Crippen LogP contribution >= 0.6 is 11.6 Å². The lowest BCUT2D eigenvalue weighted by molar-refractivity contribution is 0.0912. The van der Waals surface area contributed by atoms with Crippen molar-refractivity contribution in [2.24, 2.45) is 5.41 Å². The second-order valence-electron chi connectivity index (χ2n) is 7.62. The van der Waals surface area contributed by atoms with Crippen molar-refractivity contribution < 1.29 is 9.18 Å². The van der Waals surface area contributed by atoms with Crippen molar-refractivity contribution in [1.29, 1.82) is 0 Å². The second kappa shape index (κ2) is 6.50. The zero-order valence-corrected chi connectivity index (χ0v) is 15.8. The number of hydrogen-bond acceptors (Lipinski definition) is 3. The largest absolute Gasteiger partial charge is 0.356 e. The number of pyridine rings is 1. The third-order valence-corrected chi connectivity index (χ3v) is 5.07. The Hall–Kier alpha value is -2.66. The molecule has 0 unspecified atom stereocenters. The molecule has 1 aliphatic carbocycles. The van der Waals surface area contributed by atoms with Crippen molar-refractivity contribution in [3.8, 4) is 11.3 Å². The number of benzene rings is 1. The quantitative estimate of drug-likeness (QED) is 0.564. The third-order valence-electron chi connectivity index (χ3n) is 4.81. The van der Waals surface area contributed by atoms with Crippen LogP contribution in [0.4, 0.5) is 15.8 Å². The lowest BCUT2D eigenvalue weighted by atomic mass is 9.76. The van der Waals surface area contributed by atoms with E-state index in [0.717, 1.165) is 11.4 Å². The highest BCUT2D eigenvalue weighted by molar-refractivity contribution is 6.29. The number of fused-ring (bicyclic) bond motifs is 1. The van der Waals surface area contributed by atoms with E-state index in [-0.39, 0.29) is 21.9 Å². The highest BCUT2D eigenvalue weighted by atomic mass is 35.5. The predicted molar refractivity (Wildman–Crippen MR) is 105 cm³/mol. The van der Waals surface area contributed by atoms with E-state index in [0.29, 0.717) is 29.8 Å². The minimum Gasteiger partial charge on any atom is -0.356 e. The maximum absolute atomic E-state index is 14.7. The van der Waals surface area contributed by atoms with Gasteiger partial charge in [-0.3, -0.25) is 4.79 Å². The number of H-pyrrole nitrogens is 1. The molecule has 0 fully saturated rings. The summed E-state index contributed by atoms with van der Waals surface area (Å²) >= 11 is 5.89. The average Bonchev–Trinajstić information content (AvgIpc) is 2.95. The smallest absolute Gasteiger partial charge is 0.169 e. The molecule has 2 heterocycles. The normalized spacial score (nSPS) is 15.5. The fraction of sp³-hybridized carbons (Fsp3) is 0.238. The van der Waals surface area contributed by atoms with Gasteiger partial charge < -0.3 is 10.3 Å². The number of rotatable bonds is 3. The SMILES string of the molecule is CC1(C)CC(=O)c2c([nH]c(-c3ccnc(Cl)c3F)c2Nc2ccccc2)C1. The summed E-state index contributed by atoms with van der Waals surface area (Å²) in [5.74, 6) is -0.566. The zero-order valence-electron chi connectivity index (χ0n) is 15.1. The number of anilines is 2. The van der Waals surface area contributed by atoms with E-state index in [1.165, 1.54) is 6.20 Å². The molecule has 4 nitrogen and oxygen atoms in total. The number of Topliss-reactive ketones (excluding diaryl/α,β-unsaturated/α-hetero) is 1. The number of aromatic nitrogens is 2. The van der Waals surface area contributed by atoms with E-state index >= 15 is 0 Å². The van der Waals surface area contributed by atoms with E-state index in [9.17, 15) is 9.18 Å². The van der Waals surface area contributed by atoms with E-state index in [1.807, 2.05) is 30.3 Å². The molecule has 0 bridgehead atoms. The Morgan fingerprint density at radius 2 is 1.93 bits per heavy atom. The van der Waals surface area contributed by atoms with Crippen LogP contribution in [0.3, 0.4) is 0 Å². The molecule has 6 heteroatoms. The fourth-order valence-electron chi connectivity index (χ4n) is 3.66. The van der Waals surface area contributed by atoms with Crippen molar-refractivity contribution in [2.45, 2.75) is 26.7 Å². The molecular weight excluding hydrogens is 365 g/mol. The van der Waals surface area contributed by atoms with Crippen LogP contribution in [0, 0.1) is 11.2 Å². The highest BCUT2D eigenvalue weighted by Gasteiger charge is 2.36. The number of ketones is 1. The zero-order chi connectivity index (χ0) is 19.2. The Bertz CT molecular complexity index is 1030. The number of carbonyl (C=O) groups excluding carboxylic acids is 1. The van der Waals surface area contributed by atoms with Crippen LogP contribution in [-0.2, 0) is 6.42 Å². The number of carbonyl (C=O) groups is 1. The molecule has 3 aromatic rings. The minimum atomic E-state index is -0.611. The maximum atomic E-state index is 14.7. The molecule has 0 spiro atoms. The first-order chi connectivity index (χ1) is 12.9. The molecule has 0 atom stereocenters. The van der Waals surface area contributed by atoms with Crippen LogP contribution in [0.5, 0.6) is 0 Å². The van der Waals surface area contributed by atoms with Crippen LogP contribution in [-0.4, -0.2) is 15.8 Å². The molecule has 4 rings (SSSR count). The first-order valence-electron chi connectivity index (χ1n) is 8.76. The molecule has 0 radical (unpaired) electrons.